The van der Waals surface area contributed by atoms with Crippen molar-refractivity contribution in [3.63, 3.8) is 0 Å². The molecule has 0 heterocycles. The van der Waals surface area contributed by atoms with Crippen molar-refractivity contribution in [1.29, 1.82) is 0 Å². The minimum Gasteiger partial charge on any atom is -0.283 e. The molecule has 6 nitrogen and oxygen atoms in total. The maximum Gasteiger partial charge on any atom is 0.242 e. The topological polar surface area (TPSA) is 83.5 Å². The zero-order chi connectivity index (χ0) is 15.7. The van der Waals surface area contributed by atoms with Gasteiger partial charge < -0.3 is 0 Å². The van der Waals surface area contributed by atoms with Crippen LogP contribution in [0.4, 0.5) is 5.69 Å². The summed E-state index contributed by atoms with van der Waals surface area (Å²) in [6.45, 7) is 4.76. The minimum absolute atomic E-state index is 0.0893. The Morgan fingerprint density at radius 1 is 1.10 bits per heavy atom. The lowest BCUT2D eigenvalue weighted by molar-refractivity contribution is 0.520. The zero-order valence-corrected chi connectivity index (χ0v) is 13.8. The van der Waals surface area contributed by atoms with Crippen molar-refractivity contribution < 1.29 is 16.8 Å². The summed E-state index contributed by atoms with van der Waals surface area (Å²) in [6, 6.07) is 4.46. The summed E-state index contributed by atoms with van der Waals surface area (Å²) in [5.41, 5.74) is 0.802. The fourth-order valence-corrected chi connectivity index (χ4v) is 3.26. The van der Waals surface area contributed by atoms with E-state index >= 15 is 0 Å². The molecule has 1 aromatic rings. The molecule has 0 aliphatic heterocycles. The molecule has 1 aromatic carbocycles. The number of hydrogen-bond acceptors (Lipinski definition) is 4. The van der Waals surface area contributed by atoms with Gasteiger partial charge in [0.2, 0.25) is 20.0 Å². The van der Waals surface area contributed by atoms with Gasteiger partial charge in [-0.3, -0.25) is 4.72 Å². The summed E-state index contributed by atoms with van der Waals surface area (Å²) in [7, 11) is -4.25. The van der Waals surface area contributed by atoms with Gasteiger partial charge in [0.25, 0.3) is 0 Å². The van der Waals surface area contributed by atoms with Crippen LogP contribution in [0.3, 0.4) is 0 Å². The first kappa shape index (κ1) is 16.9. The van der Waals surface area contributed by atoms with Crippen LogP contribution in [0.15, 0.2) is 23.1 Å². The maximum absolute atomic E-state index is 12.2. The number of rotatable bonds is 5. The first-order valence-electron chi connectivity index (χ1n) is 6.03. The van der Waals surface area contributed by atoms with Crippen molar-refractivity contribution in [2.24, 2.45) is 0 Å². The average molecular weight is 320 g/mol. The van der Waals surface area contributed by atoms with Gasteiger partial charge in [0, 0.05) is 19.8 Å². The molecule has 0 aliphatic rings. The molecule has 0 aromatic heterocycles. The van der Waals surface area contributed by atoms with Crippen LogP contribution in [-0.2, 0) is 20.0 Å². The molecule has 0 aliphatic carbocycles. The standard InChI is InChI=1S/C12H20N2O4S2/c1-9(2)19(15,16)13-11-7-6-10(3)12(8-11)20(17,18)14(4)5/h6-9,13H,1-5H3. The van der Waals surface area contributed by atoms with E-state index in [2.05, 4.69) is 4.72 Å². The Morgan fingerprint density at radius 2 is 1.65 bits per heavy atom. The molecule has 0 amide bonds. The lowest BCUT2D eigenvalue weighted by atomic mass is 10.2. The average Bonchev–Trinajstić information content (AvgIpc) is 2.30. The smallest absolute Gasteiger partial charge is 0.242 e. The number of aryl methyl sites for hydroxylation is 1. The highest BCUT2D eigenvalue weighted by Gasteiger charge is 2.22. The van der Waals surface area contributed by atoms with Crippen molar-refractivity contribution in [2.45, 2.75) is 30.9 Å². The molecule has 1 N–H and O–H groups in total. The third-order valence-corrected chi connectivity index (χ3v) is 6.55. The van der Waals surface area contributed by atoms with Crippen LogP contribution in [-0.4, -0.2) is 40.5 Å². The lowest BCUT2D eigenvalue weighted by Crippen LogP contribution is -2.24. The number of hydrogen-bond donors (Lipinski definition) is 1. The Morgan fingerprint density at radius 3 is 2.10 bits per heavy atom. The molecule has 0 unspecified atom stereocenters. The van der Waals surface area contributed by atoms with Crippen molar-refractivity contribution in [1.82, 2.24) is 4.31 Å². The van der Waals surface area contributed by atoms with Gasteiger partial charge in [-0.1, -0.05) is 6.07 Å². The SMILES string of the molecule is Cc1ccc(NS(=O)(=O)C(C)C)cc1S(=O)(=O)N(C)C. The number of anilines is 1. The third-order valence-electron chi connectivity index (χ3n) is 2.83. The van der Waals surface area contributed by atoms with Gasteiger partial charge in [-0.25, -0.2) is 21.1 Å². The molecule has 0 bridgehead atoms. The number of nitrogens with zero attached hydrogens (tertiary/aromatic N) is 1. The van der Waals surface area contributed by atoms with Crippen molar-refractivity contribution in [3.8, 4) is 0 Å². The zero-order valence-electron chi connectivity index (χ0n) is 12.2. The molecule has 114 valence electrons. The Bertz CT molecular complexity index is 692. The Balaban J connectivity index is 3.31. The van der Waals surface area contributed by atoms with Crippen LogP contribution in [0.5, 0.6) is 0 Å². The van der Waals surface area contributed by atoms with Crippen LogP contribution < -0.4 is 4.72 Å². The highest BCUT2D eigenvalue weighted by Crippen LogP contribution is 2.23. The van der Waals surface area contributed by atoms with E-state index < -0.39 is 25.3 Å². The van der Waals surface area contributed by atoms with Gasteiger partial charge in [0.1, 0.15) is 0 Å². The summed E-state index contributed by atoms with van der Waals surface area (Å²) in [4.78, 5) is 0.0893. The van der Waals surface area contributed by atoms with Crippen LogP contribution in [0.2, 0.25) is 0 Å². The van der Waals surface area contributed by atoms with Gasteiger partial charge in [0.05, 0.1) is 10.1 Å². The maximum atomic E-state index is 12.2. The predicted octanol–water partition coefficient (Wildman–Crippen LogP) is 1.40. The molecule has 1 rings (SSSR count). The third kappa shape index (κ3) is 3.50. The normalized spacial score (nSPS) is 12.9. The predicted molar refractivity (Wildman–Crippen MR) is 79.7 cm³/mol. The van der Waals surface area contributed by atoms with Gasteiger partial charge in [-0.15, -0.1) is 0 Å². The number of sulfonamides is 2. The molecule has 0 saturated carbocycles. The summed E-state index contributed by atoms with van der Waals surface area (Å²) in [5, 5.41) is -0.599. The number of nitrogens with one attached hydrogen (secondary N) is 1. The largest absolute Gasteiger partial charge is 0.283 e. The molecule has 0 fully saturated rings. The van der Waals surface area contributed by atoms with E-state index in [4.69, 9.17) is 0 Å². The fourth-order valence-electron chi connectivity index (χ4n) is 1.42. The molecule has 20 heavy (non-hydrogen) atoms. The van der Waals surface area contributed by atoms with Crippen molar-refractivity contribution in [3.05, 3.63) is 23.8 Å². The second kappa shape index (κ2) is 5.71. The molecule has 0 saturated heterocycles. The van der Waals surface area contributed by atoms with E-state index in [-0.39, 0.29) is 10.6 Å². The molecule has 0 spiro atoms. The Labute approximate surface area is 120 Å². The summed E-state index contributed by atoms with van der Waals surface area (Å²) < 4.78 is 51.4. The van der Waals surface area contributed by atoms with Crippen molar-refractivity contribution >= 4 is 25.7 Å². The Hall–Kier alpha value is -1.12. The van der Waals surface area contributed by atoms with Crippen LogP contribution in [0.1, 0.15) is 19.4 Å². The van der Waals surface area contributed by atoms with Gasteiger partial charge in [0.15, 0.2) is 0 Å². The van der Waals surface area contributed by atoms with E-state index in [1.165, 1.54) is 20.2 Å². The Kier molecular flexibility index (Phi) is 4.83. The molecule has 0 radical (unpaired) electrons. The summed E-state index contributed by atoms with van der Waals surface area (Å²) in [5.74, 6) is 0. The highest BCUT2D eigenvalue weighted by molar-refractivity contribution is 7.93. The van der Waals surface area contributed by atoms with E-state index in [1.54, 1.807) is 32.9 Å². The summed E-state index contributed by atoms with van der Waals surface area (Å²) in [6.07, 6.45) is 0. The molecule has 8 heteroatoms. The summed E-state index contributed by atoms with van der Waals surface area (Å²) >= 11 is 0. The van der Waals surface area contributed by atoms with Crippen LogP contribution in [0, 0.1) is 6.92 Å². The van der Waals surface area contributed by atoms with Gasteiger partial charge >= 0.3 is 0 Å². The van der Waals surface area contributed by atoms with Gasteiger partial charge in [-0.05, 0) is 38.5 Å². The molecular formula is C12H20N2O4S2. The van der Waals surface area contributed by atoms with Crippen LogP contribution in [0.25, 0.3) is 0 Å². The second-order valence-electron chi connectivity index (χ2n) is 4.96. The van der Waals surface area contributed by atoms with E-state index in [1.807, 2.05) is 0 Å². The second-order valence-corrected chi connectivity index (χ2v) is 9.32. The fraction of sp³-hybridized carbons (Fsp3) is 0.500. The first-order valence-corrected chi connectivity index (χ1v) is 9.02. The molecule has 0 atom stereocenters. The van der Waals surface area contributed by atoms with Gasteiger partial charge in [-0.2, -0.15) is 0 Å². The van der Waals surface area contributed by atoms with Crippen LogP contribution >= 0.6 is 0 Å². The monoisotopic (exact) mass is 320 g/mol. The lowest BCUT2D eigenvalue weighted by Gasteiger charge is -2.16. The van der Waals surface area contributed by atoms with E-state index in [0.29, 0.717) is 5.56 Å². The number of benzene rings is 1. The highest BCUT2D eigenvalue weighted by atomic mass is 32.2. The van der Waals surface area contributed by atoms with Crippen molar-refractivity contribution in [2.75, 3.05) is 18.8 Å². The van der Waals surface area contributed by atoms with E-state index in [0.717, 1.165) is 4.31 Å². The first-order chi connectivity index (χ1) is 8.98. The molecular weight excluding hydrogens is 300 g/mol. The van der Waals surface area contributed by atoms with E-state index in [9.17, 15) is 16.8 Å². The minimum atomic E-state index is -3.61. The quantitative estimate of drug-likeness (QED) is 0.889.